The van der Waals surface area contributed by atoms with Gasteiger partial charge in [0.05, 0.1) is 12.6 Å². The third-order valence-corrected chi connectivity index (χ3v) is 5.47. The molecule has 29 heavy (non-hydrogen) atoms. The summed E-state index contributed by atoms with van der Waals surface area (Å²) in [6, 6.07) is 6.35. The molecule has 7 heteroatoms. The smallest absolute Gasteiger partial charge is 0.191 e. The van der Waals surface area contributed by atoms with Gasteiger partial charge in [0.25, 0.3) is 0 Å². The topological polar surface area (TPSA) is 58.1 Å². The number of halogens is 1. The Hall–Kier alpha value is -1.06. The van der Waals surface area contributed by atoms with Gasteiger partial charge in [-0.2, -0.15) is 0 Å². The average Bonchev–Trinajstić information content (AvgIpc) is 3.35. The van der Waals surface area contributed by atoms with E-state index in [1.165, 1.54) is 18.5 Å². The molecule has 3 rings (SSSR count). The maximum atomic E-state index is 6.11. The summed E-state index contributed by atoms with van der Waals surface area (Å²) in [6.45, 7) is 10.4. The lowest BCUT2D eigenvalue weighted by Gasteiger charge is -2.17. The summed E-state index contributed by atoms with van der Waals surface area (Å²) in [6.07, 6.45) is 3.69. The molecule has 2 unspecified atom stereocenters. The number of guanidine groups is 1. The van der Waals surface area contributed by atoms with Crippen molar-refractivity contribution in [2.45, 2.75) is 45.8 Å². The van der Waals surface area contributed by atoms with Gasteiger partial charge >= 0.3 is 0 Å². The van der Waals surface area contributed by atoms with E-state index in [1.807, 2.05) is 0 Å². The van der Waals surface area contributed by atoms with Crippen LogP contribution in [-0.4, -0.2) is 63.4 Å². The van der Waals surface area contributed by atoms with E-state index in [2.05, 4.69) is 54.6 Å². The fourth-order valence-electron chi connectivity index (χ4n) is 3.83. The normalized spacial score (nSPS) is 22.4. The SMILES string of the molecule is CCNC(=NCc1ccc(C)cc1OCC1CCCO1)NCC1CCN(C)C1.I. The first kappa shape index (κ1) is 24.2. The van der Waals surface area contributed by atoms with Crippen molar-refractivity contribution in [2.24, 2.45) is 10.9 Å². The minimum atomic E-state index is 0. The van der Waals surface area contributed by atoms with Crippen molar-refractivity contribution in [3.05, 3.63) is 29.3 Å². The van der Waals surface area contributed by atoms with Crippen LogP contribution in [0.2, 0.25) is 0 Å². The molecule has 0 bridgehead atoms. The summed E-state index contributed by atoms with van der Waals surface area (Å²) < 4.78 is 11.8. The zero-order chi connectivity index (χ0) is 19.8. The van der Waals surface area contributed by atoms with E-state index < -0.39 is 0 Å². The first-order chi connectivity index (χ1) is 13.6. The number of nitrogens with one attached hydrogen (secondary N) is 2. The molecule has 0 saturated carbocycles. The van der Waals surface area contributed by atoms with E-state index in [0.717, 1.165) is 56.4 Å². The molecule has 2 saturated heterocycles. The van der Waals surface area contributed by atoms with Crippen molar-refractivity contribution >= 4 is 29.9 Å². The summed E-state index contributed by atoms with van der Waals surface area (Å²) in [4.78, 5) is 7.19. The van der Waals surface area contributed by atoms with Crippen LogP contribution in [0, 0.1) is 12.8 Å². The Morgan fingerprint density at radius 2 is 2.17 bits per heavy atom. The second-order valence-electron chi connectivity index (χ2n) is 8.05. The molecule has 2 aliphatic rings. The molecule has 0 aromatic heterocycles. The second-order valence-corrected chi connectivity index (χ2v) is 8.05. The van der Waals surface area contributed by atoms with E-state index >= 15 is 0 Å². The van der Waals surface area contributed by atoms with Crippen LogP contribution in [0.4, 0.5) is 0 Å². The fraction of sp³-hybridized carbons (Fsp3) is 0.682. The molecular weight excluding hydrogens is 479 g/mol. The summed E-state index contributed by atoms with van der Waals surface area (Å²) in [7, 11) is 2.19. The van der Waals surface area contributed by atoms with Gasteiger partial charge in [0.1, 0.15) is 12.4 Å². The van der Waals surface area contributed by atoms with Crippen molar-refractivity contribution < 1.29 is 9.47 Å². The minimum Gasteiger partial charge on any atom is -0.491 e. The maximum Gasteiger partial charge on any atom is 0.191 e. The third-order valence-electron chi connectivity index (χ3n) is 5.47. The van der Waals surface area contributed by atoms with Crippen LogP contribution < -0.4 is 15.4 Å². The fourth-order valence-corrected chi connectivity index (χ4v) is 3.83. The van der Waals surface area contributed by atoms with Crippen molar-refractivity contribution in [1.82, 2.24) is 15.5 Å². The molecule has 2 heterocycles. The number of nitrogens with zero attached hydrogens (tertiary/aromatic N) is 2. The first-order valence-electron chi connectivity index (χ1n) is 10.7. The Morgan fingerprint density at radius 3 is 2.86 bits per heavy atom. The van der Waals surface area contributed by atoms with E-state index in [9.17, 15) is 0 Å². The summed E-state index contributed by atoms with van der Waals surface area (Å²) in [5.41, 5.74) is 2.31. The second kappa shape index (κ2) is 12.6. The van der Waals surface area contributed by atoms with Gasteiger partial charge in [0.2, 0.25) is 0 Å². The standard InChI is InChI=1S/C22H36N4O2.HI/c1-4-23-22(24-13-18-9-10-26(3)15-18)25-14-19-8-7-17(2)12-21(19)28-16-20-6-5-11-27-20;/h7-8,12,18,20H,4-6,9-11,13-16H2,1-3H3,(H2,23,24,25);1H. The number of hydrogen-bond donors (Lipinski definition) is 2. The highest BCUT2D eigenvalue weighted by Gasteiger charge is 2.19. The lowest BCUT2D eigenvalue weighted by Crippen LogP contribution is -2.40. The van der Waals surface area contributed by atoms with Gasteiger partial charge in [0.15, 0.2) is 5.96 Å². The predicted molar refractivity (Wildman–Crippen MR) is 129 cm³/mol. The predicted octanol–water partition coefficient (Wildman–Crippen LogP) is 3.18. The molecule has 0 radical (unpaired) electrons. The monoisotopic (exact) mass is 516 g/mol. The number of aliphatic imine (C=N–C) groups is 1. The molecule has 2 aliphatic heterocycles. The minimum absolute atomic E-state index is 0. The zero-order valence-corrected chi connectivity index (χ0v) is 20.4. The highest BCUT2D eigenvalue weighted by Crippen LogP contribution is 2.23. The Labute approximate surface area is 192 Å². The van der Waals surface area contributed by atoms with Crippen LogP contribution in [0.15, 0.2) is 23.2 Å². The van der Waals surface area contributed by atoms with Gasteiger partial charge in [-0.05, 0) is 64.3 Å². The van der Waals surface area contributed by atoms with Crippen LogP contribution in [0.3, 0.4) is 0 Å². The average molecular weight is 516 g/mol. The van der Waals surface area contributed by atoms with Gasteiger partial charge in [-0.25, -0.2) is 4.99 Å². The van der Waals surface area contributed by atoms with Crippen LogP contribution >= 0.6 is 24.0 Å². The van der Waals surface area contributed by atoms with Gasteiger partial charge in [-0.15, -0.1) is 24.0 Å². The Balaban J connectivity index is 0.00000300. The molecule has 0 amide bonds. The number of hydrogen-bond acceptors (Lipinski definition) is 4. The molecule has 1 aromatic carbocycles. The summed E-state index contributed by atoms with van der Waals surface area (Å²) >= 11 is 0. The van der Waals surface area contributed by atoms with Gasteiger partial charge < -0.3 is 25.0 Å². The van der Waals surface area contributed by atoms with Gasteiger partial charge in [-0.3, -0.25) is 0 Å². The number of likely N-dealkylation sites (tertiary alicyclic amines) is 1. The zero-order valence-electron chi connectivity index (χ0n) is 18.1. The largest absolute Gasteiger partial charge is 0.491 e. The van der Waals surface area contributed by atoms with Crippen molar-refractivity contribution in [3.8, 4) is 5.75 Å². The Morgan fingerprint density at radius 1 is 1.31 bits per heavy atom. The number of benzene rings is 1. The molecule has 0 aliphatic carbocycles. The Bertz CT molecular complexity index is 650. The van der Waals surface area contributed by atoms with E-state index in [4.69, 9.17) is 14.5 Å². The number of aryl methyl sites for hydroxylation is 1. The van der Waals surface area contributed by atoms with Crippen LogP contribution in [0.25, 0.3) is 0 Å². The van der Waals surface area contributed by atoms with Gasteiger partial charge in [0, 0.05) is 31.8 Å². The quantitative estimate of drug-likeness (QED) is 0.316. The van der Waals surface area contributed by atoms with Gasteiger partial charge in [-0.1, -0.05) is 12.1 Å². The lowest BCUT2D eigenvalue weighted by atomic mass is 10.1. The van der Waals surface area contributed by atoms with Crippen molar-refractivity contribution in [2.75, 3.05) is 46.4 Å². The molecule has 1 aromatic rings. The van der Waals surface area contributed by atoms with Crippen molar-refractivity contribution in [3.63, 3.8) is 0 Å². The molecule has 2 N–H and O–H groups in total. The molecule has 6 nitrogen and oxygen atoms in total. The molecule has 2 fully saturated rings. The molecular formula is C22H37IN4O2. The van der Waals surface area contributed by atoms with Crippen LogP contribution in [0.5, 0.6) is 5.75 Å². The Kier molecular flexibility index (Phi) is 10.5. The lowest BCUT2D eigenvalue weighted by molar-refractivity contribution is 0.0676. The van der Waals surface area contributed by atoms with E-state index in [-0.39, 0.29) is 30.1 Å². The van der Waals surface area contributed by atoms with Crippen LogP contribution in [-0.2, 0) is 11.3 Å². The highest BCUT2D eigenvalue weighted by atomic mass is 127. The molecule has 2 atom stereocenters. The molecule has 164 valence electrons. The summed E-state index contributed by atoms with van der Waals surface area (Å²) in [5, 5.41) is 6.87. The van der Waals surface area contributed by atoms with Crippen LogP contribution in [0.1, 0.15) is 37.3 Å². The molecule has 0 spiro atoms. The number of ether oxygens (including phenoxy) is 2. The third kappa shape index (κ3) is 7.94. The van der Waals surface area contributed by atoms with Crippen molar-refractivity contribution in [1.29, 1.82) is 0 Å². The van der Waals surface area contributed by atoms with E-state index in [0.29, 0.717) is 19.1 Å². The first-order valence-corrected chi connectivity index (χ1v) is 10.7. The highest BCUT2D eigenvalue weighted by molar-refractivity contribution is 14.0. The maximum absolute atomic E-state index is 6.11. The number of rotatable bonds is 8. The summed E-state index contributed by atoms with van der Waals surface area (Å²) in [5.74, 6) is 2.49. The van der Waals surface area contributed by atoms with E-state index in [1.54, 1.807) is 0 Å².